The molecule has 3 amide bonds. The lowest BCUT2D eigenvalue weighted by Crippen LogP contribution is -2.40. The quantitative estimate of drug-likeness (QED) is 0.721. The Morgan fingerprint density at radius 2 is 1.86 bits per heavy atom. The number of carbonyl (C=O) groups is 2. The summed E-state index contributed by atoms with van der Waals surface area (Å²) >= 11 is 0. The van der Waals surface area contributed by atoms with Crippen LogP contribution < -0.4 is 20.7 Å². The summed E-state index contributed by atoms with van der Waals surface area (Å²) < 4.78 is 28.8. The van der Waals surface area contributed by atoms with E-state index in [0.29, 0.717) is 12.5 Å². The molecule has 1 aromatic carbocycles. The number of hydrogen-bond acceptors (Lipinski definition) is 3. The number of anilines is 1. The number of hydrogen-bond donors (Lipinski definition) is 3. The van der Waals surface area contributed by atoms with Crippen molar-refractivity contribution in [2.24, 2.45) is 5.92 Å². The Labute approximate surface area is 127 Å². The number of benzene rings is 1. The van der Waals surface area contributed by atoms with Gasteiger partial charge in [0.1, 0.15) is 5.75 Å². The number of para-hydroxylation sites is 2. The molecule has 0 unspecified atom stereocenters. The molecule has 1 rings (SSSR count). The van der Waals surface area contributed by atoms with Gasteiger partial charge < -0.3 is 20.7 Å². The van der Waals surface area contributed by atoms with Gasteiger partial charge in [-0.1, -0.05) is 26.0 Å². The van der Waals surface area contributed by atoms with Crippen LogP contribution in [0.3, 0.4) is 0 Å². The molecule has 0 fully saturated rings. The van der Waals surface area contributed by atoms with E-state index in [4.69, 9.17) is 0 Å². The topological polar surface area (TPSA) is 79.5 Å². The van der Waals surface area contributed by atoms with Gasteiger partial charge in [0.05, 0.1) is 12.2 Å². The van der Waals surface area contributed by atoms with Crippen molar-refractivity contribution in [1.82, 2.24) is 10.6 Å². The van der Waals surface area contributed by atoms with Gasteiger partial charge in [-0.2, -0.15) is 8.78 Å². The molecule has 0 aliphatic carbocycles. The Balaban J connectivity index is 2.47. The van der Waals surface area contributed by atoms with Gasteiger partial charge in [0, 0.05) is 6.54 Å². The minimum atomic E-state index is -2.99. The van der Waals surface area contributed by atoms with Crippen LogP contribution in [0.15, 0.2) is 24.3 Å². The minimum Gasteiger partial charge on any atom is -0.433 e. The average molecular weight is 315 g/mol. The molecule has 22 heavy (non-hydrogen) atoms. The van der Waals surface area contributed by atoms with Crippen molar-refractivity contribution in [1.29, 1.82) is 0 Å². The summed E-state index contributed by atoms with van der Waals surface area (Å²) in [5, 5.41) is 7.31. The van der Waals surface area contributed by atoms with Crippen molar-refractivity contribution in [2.45, 2.75) is 20.5 Å². The molecule has 0 aliphatic heterocycles. The van der Waals surface area contributed by atoms with Gasteiger partial charge in [0.25, 0.3) is 0 Å². The van der Waals surface area contributed by atoms with Crippen LogP contribution in [0.2, 0.25) is 0 Å². The molecule has 0 heterocycles. The van der Waals surface area contributed by atoms with Gasteiger partial charge >= 0.3 is 12.6 Å². The van der Waals surface area contributed by atoms with E-state index in [0.717, 1.165) is 0 Å². The second-order valence-electron chi connectivity index (χ2n) is 4.88. The third-order valence-corrected chi connectivity index (χ3v) is 2.47. The van der Waals surface area contributed by atoms with Crippen molar-refractivity contribution >= 4 is 17.6 Å². The molecule has 0 bridgehead atoms. The number of alkyl halides is 2. The molecule has 0 saturated carbocycles. The van der Waals surface area contributed by atoms with Gasteiger partial charge in [-0.05, 0) is 18.1 Å². The predicted octanol–water partition coefficient (Wildman–Crippen LogP) is 2.18. The van der Waals surface area contributed by atoms with Gasteiger partial charge in [-0.25, -0.2) is 4.79 Å². The molecule has 0 radical (unpaired) electrons. The average Bonchev–Trinajstić information content (AvgIpc) is 2.44. The molecule has 0 spiro atoms. The first kappa shape index (κ1) is 17.7. The summed E-state index contributed by atoms with van der Waals surface area (Å²) in [6.07, 6.45) is 0. The molecule has 0 aliphatic rings. The van der Waals surface area contributed by atoms with Crippen molar-refractivity contribution in [2.75, 3.05) is 18.4 Å². The van der Waals surface area contributed by atoms with Gasteiger partial charge in [-0.3, -0.25) is 4.79 Å². The number of nitrogens with one attached hydrogen (secondary N) is 3. The molecule has 3 N–H and O–H groups in total. The van der Waals surface area contributed by atoms with E-state index in [1.54, 1.807) is 6.07 Å². The normalized spacial score (nSPS) is 10.5. The number of carbonyl (C=O) groups excluding carboxylic acids is 2. The van der Waals surface area contributed by atoms with Crippen molar-refractivity contribution < 1.29 is 23.1 Å². The number of rotatable bonds is 7. The van der Waals surface area contributed by atoms with Crippen LogP contribution >= 0.6 is 0 Å². The highest BCUT2D eigenvalue weighted by Crippen LogP contribution is 2.25. The number of amides is 3. The predicted molar refractivity (Wildman–Crippen MR) is 77.9 cm³/mol. The number of halogens is 2. The van der Waals surface area contributed by atoms with Crippen molar-refractivity contribution in [3.63, 3.8) is 0 Å². The molecule has 6 nitrogen and oxygen atoms in total. The van der Waals surface area contributed by atoms with E-state index < -0.39 is 12.6 Å². The zero-order valence-electron chi connectivity index (χ0n) is 12.4. The molecule has 1 aromatic rings. The van der Waals surface area contributed by atoms with E-state index in [-0.39, 0.29) is 23.9 Å². The van der Waals surface area contributed by atoms with Crippen LogP contribution in [0.1, 0.15) is 13.8 Å². The van der Waals surface area contributed by atoms with Gasteiger partial charge in [-0.15, -0.1) is 0 Å². The highest BCUT2D eigenvalue weighted by atomic mass is 19.3. The molecular formula is C14H19F2N3O3. The van der Waals surface area contributed by atoms with Crippen LogP contribution in [-0.2, 0) is 4.79 Å². The standard InChI is InChI=1S/C14H19F2N3O3/c1-9(2)7-17-12(20)8-18-14(21)19-10-5-3-4-6-11(10)22-13(15)16/h3-6,9,13H,7-8H2,1-2H3,(H,17,20)(H2,18,19,21). The minimum absolute atomic E-state index is 0.0860. The smallest absolute Gasteiger partial charge is 0.387 e. The third kappa shape index (κ3) is 6.87. The summed E-state index contributed by atoms with van der Waals surface area (Å²) in [5.41, 5.74) is 0.0860. The van der Waals surface area contributed by atoms with Crippen molar-refractivity contribution in [3.05, 3.63) is 24.3 Å². The largest absolute Gasteiger partial charge is 0.433 e. The fourth-order valence-electron chi connectivity index (χ4n) is 1.48. The SMILES string of the molecule is CC(C)CNC(=O)CNC(=O)Nc1ccccc1OC(F)F. The van der Waals surface area contributed by atoms with E-state index in [9.17, 15) is 18.4 Å². The maximum absolute atomic E-state index is 12.2. The van der Waals surface area contributed by atoms with E-state index in [1.165, 1.54) is 18.2 Å². The lowest BCUT2D eigenvalue weighted by molar-refractivity contribution is -0.120. The Bertz CT molecular complexity index is 510. The first-order valence-corrected chi connectivity index (χ1v) is 6.74. The van der Waals surface area contributed by atoms with Gasteiger partial charge in [0.15, 0.2) is 0 Å². The van der Waals surface area contributed by atoms with Crippen LogP contribution in [0, 0.1) is 5.92 Å². The Kier molecular flexibility index (Phi) is 7.07. The second-order valence-corrected chi connectivity index (χ2v) is 4.88. The Morgan fingerprint density at radius 1 is 1.18 bits per heavy atom. The number of ether oxygens (including phenoxy) is 1. The molecule has 0 saturated heterocycles. The highest BCUT2D eigenvalue weighted by molar-refractivity contribution is 5.93. The first-order valence-electron chi connectivity index (χ1n) is 6.74. The van der Waals surface area contributed by atoms with Crippen LogP contribution in [0.4, 0.5) is 19.3 Å². The molecule has 0 aromatic heterocycles. The van der Waals surface area contributed by atoms with E-state index in [1.807, 2.05) is 13.8 Å². The molecule has 0 atom stereocenters. The summed E-state index contributed by atoms with van der Waals surface area (Å²) in [5.74, 6) is -0.186. The highest BCUT2D eigenvalue weighted by Gasteiger charge is 2.12. The lowest BCUT2D eigenvalue weighted by Gasteiger charge is -2.12. The molecular weight excluding hydrogens is 296 g/mol. The fraction of sp³-hybridized carbons (Fsp3) is 0.429. The van der Waals surface area contributed by atoms with Crippen molar-refractivity contribution in [3.8, 4) is 5.75 Å². The lowest BCUT2D eigenvalue weighted by atomic mass is 10.2. The maximum Gasteiger partial charge on any atom is 0.387 e. The van der Waals surface area contributed by atoms with E-state index >= 15 is 0 Å². The summed E-state index contributed by atoms with van der Waals surface area (Å²) in [6.45, 7) is 1.19. The molecule has 122 valence electrons. The van der Waals surface area contributed by atoms with Crippen LogP contribution in [0.5, 0.6) is 5.75 Å². The Morgan fingerprint density at radius 3 is 2.50 bits per heavy atom. The fourth-order valence-corrected chi connectivity index (χ4v) is 1.48. The maximum atomic E-state index is 12.2. The number of urea groups is 1. The van der Waals surface area contributed by atoms with Crippen LogP contribution in [-0.4, -0.2) is 31.6 Å². The third-order valence-electron chi connectivity index (χ3n) is 2.47. The summed E-state index contributed by atoms with van der Waals surface area (Å²) in [4.78, 5) is 23.1. The van der Waals surface area contributed by atoms with Crippen LogP contribution in [0.25, 0.3) is 0 Å². The molecule has 8 heteroatoms. The Hall–Kier alpha value is -2.38. The first-order chi connectivity index (χ1) is 10.4. The zero-order valence-corrected chi connectivity index (χ0v) is 12.4. The summed E-state index contributed by atoms with van der Waals surface area (Å²) in [6, 6.07) is 5.08. The monoisotopic (exact) mass is 315 g/mol. The second kappa shape index (κ2) is 8.81. The van der Waals surface area contributed by atoms with Gasteiger partial charge in [0.2, 0.25) is 5.91 Å². The summed E-state index contributed by atoms with van der Waals surface area (Å²) in [7, 11) is 0. The van der Waals surface area contributed by atoms with E-state index in [2.05, 4.69) is 20.7 Å². The zero-order chi connectivity index (χ0) is 16.5.